The Bertz CT molecular complexity index is 900. The van der Waals surface area contributed by atoms with Crippen molar-refractivity contribution < 1.29 is 19.0 Å². The topological polar surface area (TPSA) is 88.4 Å². The molecular weight excluding hydrogens is 360 g/mol. The number of hydrogen-bond acceptors (Lipinski definition) is 7. The normalized spacial score (nSPS) is 20.3. The summed E-state index contributed by atoms with van der Waals surface area (Å²) in [4.78, 5) is 16.3. The predicted molar refractivity (Wildman–Crippen MR) is 101 cm³/mol. The molecule has 0 spiro atoms. The number of aryl methyl sites for hydroxylation is 2. The first-order valence-electron chi connectivity index (χ1n) is 9.53. The predicted octanol–water partition coefficient (Wildman–Crippen LogP) is 2.21. The van der Waals surface area contributed by atoms with Crippen molar-refractivity contribution in [1.82, 2.24) is 20.0 Å². The Morgan fingerprint density at radius 2 is 2.18 bits per heavy atom. The first-order valence-corrected chi connectivity index (χ1v) is 9.53. The molecule has 2 aliphatic rings. The Kier molecular flexibility index (Phi) is 5.61. The molecule has 0 aliphatic carbocycles. The minimum absolute atomic E-state index is 0.0250. The number of rotatable bonds is 5. The van der Waals surface area contributed by atoms with Gasteiger partial charge in [-0.25, -0.2) is 4.68 Å². The fourth-order valence-electron chi connectivity index (χ4n) is 3.48. The molecule has 28 heavy (non-hydrogen) atoms. The van der Waals surface area contributed by atoms with Crippen LogP contribution in [0.4, 0.5) is 0 Å². The fourth-order valence-corrected chi connectivity index (χ4v) is 3.48. The van der Waals surface area contributed by atoms with Crippen molar-refractivity contribution in [2.24, 2.45) is 7.05 Å². The lowest BCUT2D eigenvalue weighted by molar-refractivity contribution is -0.169. The SMILES string of the molecule is Cc1nc(-c2nnn(C)c2COC2CCCCO2)ccc1C1=CC(=O)COC1. The van der Waals surface area contributed by atoms with Crippen molar-refractivity contribution in [2.45, 2.75) is 39.1 Å². The van der Waals surface area contributed by atoms with Gasteiger partial charge in [0.2, 0.25) is 0 Å². The first kappa shape index (κ1) is 18.9. The summed E-state index contributed by atoms with van der Waals surface area (Å²) < 4.78 is 18.6. The number of pyridine rings is 1. The Labute approximate surface area is 163 Å². The Hall–Kier alpha value is -2.42. The lowest BCUT2D eigenvalue weighted by atomic mass is 10.0. The molecule has 0 N–H and O–H groups in total. The quantitative estimate of drug-likeness (QED) is 0.781. The summed E-state index contributed by atoms with van der Waals surface area (Å²) in [5, 5.41) is 8.42. The molecule has 0 amide bonds. The van der Waals surface area contributed by atoms with Crippen LogP contribution in [0.25, 0.3) is 17.0 Å². The van der Waals surface area contributed by atoms with E-state index < -0.39 is 0 Å². The van der Waals surface area contributed by atoms with Gasteiger partial charge >= 0.3 is 0 Å². The van der Waals surface area contributed by atoms with Crippen molar-refractivity contribution in [2.75, 3.05) is 19.8 Å². The van der Waals surface area contributed by atoms with E-state index in [2.05, 4.69) is 10.3 Å². The van der Waals surface area contributed by atoms with Crippen molar-refractivity contribution in [3.8, 4) is 11.4 Å². The molecule has 2 aromatic rings. The number of hydrogen-bond donors (Lipinski definition) is 0. The van der Waals surface area contributed by atoms with Crippen molar-refractivity contribution in [1.29, 1.82) is 0 Å². The van der Waals surface area contributed by atoms with Gasteiger partial charge in [-0.2, -0.15) is 0 Å². The first-order chi connectivity index (χ1) is 13.6. The zero-order valence-electron chi connectivity index (χ0n) is 16.2. The third-order valence-electron chi connectivity index (χ3n) is 5.00. The van der Waals surface area contributed by atoms with Crippen LogP contribution in [0.3, 0.4) is 0 Å². The van der Waals surface area contributed by atoms with Gasteiger partial charge in [0.1, 0.15) is 12.3 Å². The van der Waals surface area contributed by atoms with Crippen LogP contribution < -0.4 is 0 Å². The molecule has 0 aromatic carbocycles. The number of carbonyl (C=O) groups excluding carboxylic acids is 1. The zero-order valence-corrected chi connectivity index (χ0v) is 16.2. The number of carbonyl (C=O) groups is 1. The third-order valence-corrected chi connectivity index (χ3v) is 5.00. The highest BCUT2D eigenvalue weighted by molar-refractivity contribution is 5.99. The molecule has 4 rings (SSSR count). The summed E-state index contributed by atoms with van der Waals surface area (Å²) in [5.74, 6) is -0.0250. The monoisotopic (exact) mass is 384 g/mol. The van der Waals surface area contributed by atoms with Crippen molar-refractivity contribution in [3.05, 3.63) is 35.2 Å². The van der Waals surface area contributed by atoms with Gasteiger partial charge in [-0.05, 0) is 43.9 Å². The van der Waals surface area contributed by atoms with Gasteiger partial charge in [-0.1, -0.05) is 11.3 Å². The van der Waals surface area contributed by atoms with E-state index in [-0.39, 0.29) is 18.7 Å². The summed E-state index contributed by atoms with van der Waals surface area (Å²) in [5.41, 5.74) is 4.84. The summed E-state index contributed by atoms with van der Waals surface area (Å²) in [6.45, 7) is 3.58. The van der Waals surface area contributed by atoms with Crippen LogP contribution in [0, 0.1) is 6.92 Å². The summed E-state index contributed by atoms with van der Waals surface area (Å²) in [7, 11) is 1.84. The lowest BCUT2D eigenvalue weighted by Gasteiger charge is -2.22. The number of nitrogens with zero attached hydrogens (tertiary/aromatic N) is 4. The Balaban J connectivity index is 1.56. The van der Waals surface area contributed by atoms with Crippen molar-refractivity contribution >= 4 is 11.4 Å². The van der Waals surface area contributed by atoms with Gasteiger partial charge in [0.15, 0.2) is 12.1 Å². The maximum Gasteiger partial charge on any atom is 0.181 e. The summed E-state index contributed by atoms with van der Waals surface area (Å²) >= 11 is 0. The molecule has 8 heteroatoms. The molecule has 2 aromatic heterocycles. The van der Waals surface area contributed by atoms with Crippen LogP contribution >= 0.6 is 0 Å². The smallest absolute Gasteiger partial charge is 0.181 e. The van der Waals surface area contributed by atoms with E-state index in [1.165, 1.54) is 0 Å². The minimum Gasteiger partial charge on any atom is -0.369 e. The van der Waals surface area contributed by atoms with E-state index in [4.69, 9.17) is 19.2 Å². The molecule has 8 nitrogen and oxygen atoms in total. The van der Waals surface area contributed by atoms with Crippen LogP contribution in [-0.4, -0.2) is 51.9 Å². The van der Waals surface area contributed by atoms with Gasteiger partial charge in [-0.3, -0.25) is 9.78 Å². The molecule has 4 heterocycles. The second kappa shape index (κ2) is 8.30. The van der Waals surface area contributed by atoms with E-state index in [9.17, 15) is 4.79 Å². The molecule has 1 atom stereocenters. The van der Waals surface area contributed by atoms with Crippen molar-refractivity contribution in [3.63, 3.8) is 0 Å². The molecule has 2 aliphatic heterocycles. The van der Waals surface area contributed by atoms with E-state index in [0.29, 0.717) is 18.9 Å². The van der Waals surface area contributed by atoms with Crippen LogP contribution in [0.5, 0.6) is 0 Å². The fraction of sp³-hybridized carbons (Fsp3) is 0.500. The van der Waals surface area contributed by atoms with Gasteiger partial charge in [0, 0.05) is 24.9 Å². The Morgan fingerprint density at radius 1 is 1.29 bits per heavy atom. The van der Waals surface area contributed by atoms with Crippen LogP contribution in [-0.2, 0) is 32.7 Å². The van der Waals surface area contributed by atoms with Crippen LogP contribution in [0.2, 0.25) is 0 Å². The molecule has 1 fully saturated rings. The average Bonchev–Trinajstić information content (AvgIpc) is 3.07. The average molecular weight is 384 g/mol. The maximum atomic E-state index is 11.6. The highest BCUT2D eigenvalue weighted by Gasteiger charge is 2.20. The van der Waals surface area contributed by atoms with Gasteiger partial charge in [0.25, 0.3) is 0 Å². The van der Waals surface area contributed by atoms with E-state index in [1.54, 1.807) is 10.8 Å². The highest BCUT2D eigenvalue weighted by Crippen LogP contribution is 2.26. The number of ether oxygens (including phenoxy) is 3. The summed E-state index contributed by atoms with van der Waals surface area (Å²) in [6, 6.07) is 3.85. The van der Waals surface area contributed by atoms with Crippen LogP contribution in [0.15, 0.2) is 18.2 Å². The summed E-state index contributed by atoms with van der Waals surface area (Å²) in [6.07, 6.45) is 4.57. The van der Waals surface area contributed by atoms with Gasteiger partial charge in [0.05, 0.1) is 24.6 Å². The molecule has 0 bridgehead atoms. The van der Waals surface area contributed by atoms with E-state index in [0.717, 1.165) is 54.1 Å². The molecule has 148 valence electrons. The second-order valence-electron chi connectivity index (χ2n) is 7.07. The largest absolute Gasteiger partial charge is 0.369 e. The number of aromatic nitrogens is 4. The van der Waals surface area contributed by atoms with Crippen LogP contribution in [0.1, 0.15) is 36.2 Å². The van der Waals surface area contributed by atoms with Gasteiger partial charge in [-0.15, -0.1) is 5.10 Å². The Morgan fingerprint density at radius 3 is 2.93 bits per heavy atom. The van der Waals surface area contributed by atoms with E-state index >= 15 is 0 Å². The third kappa shape index (κ3) is 4.04. The second-order valence-corrected chi connectivity index (χ2v) is 7.07. The van der Waals surface area contributed by atoms with E-state index in [1.807, 2.05) is 26.1 Å². The zero-order chi connectivity index (χ0) is 19.5. The standard InChI is InChI=1S/C20H24N4O4/c1-13-16(14-9-15(25)11-26-10-14)6-7-17(21-13)20-18(24(2)23-22-20)12-28-19-5-3-4-8-27-19/h6-7,9,19H,3-5,8,10-12H2,1-2H3. The highest BCUT2D eigenvalue weighted by atomic mass is 16.7. The molecule has 1 saturated heterocycles. The molecule has 0 saturated carbocycles. The van der Waals surface area contributed by atoms with Gasteiger partial charge < -0.3 is 14.2 Å². The number of ketones is 1. The maximum absolute atomic E-state index is 11.6. The molecular formula is C20H24N4O4. The minimum atomic E-state index is -0.177. The lowest BCUT2D eigenvalue weighted by Crippen LogP contribution is -2.22. The molecule has 1 unspecified atom stereocenters. The molecule has 0 radical (unpaired) electrons.